The molecule has 1 aliphatic heterocycles. The van der Waals surface area contributed by atoms with E-state index in [1.165, 1.54) is 0 Å². The molecule has 0 aromatic heterocycles. The Hall–Kier alpha value is 2.17. The Morgan fingerprint density at radius 2 is 1.86 bits per heavy atom. The van der Waals surface area contributed by atoms with Crippen LogP contribution < -0.4 is 5.32 Å². The zero-order valence-electron chi connectivity index (χ0n) is 4.22. The average molecular weight is 247 g/mol. The zero-order chi connectivity index (χ0) is 3.70. The Labute approximate surface area is 95.1 Å². The van der Waals surface area contributed by atoms with Crippen molar-refractivity contribution >= 4 is 0 Å². The number of rotatable bonds is 0. The molecule has 1 atom stereocenters. The summed E-state index contributed by atoms with van der Waals surface area (Å²) in [6.07, 6.45) is 0. The average Bonchev–Trinajstić information content (AvgIpc) is 1.30. The minimum atomic E-state index is 0. The summed E-state index contributed by atoms with van der Waals surface area (Å²) < 4.78 is 0. The van der Waals surface area contributed by atoms with Gasteiger partial charge in [-0.25, -0.2) is 0 Å². The van der Waals surface area contributed by atoms with Crippen LogP contribution in [0.3, 0.4) is 0 Å². The Morgan fingerprint density at radius 1 is 1.57 bits per heavy atom. The molecule has 0 aromatic carbocycles. The van der Waals surface area contributed by atoms with Crippen molar-refractivity contribution in [3.63, 3.8) is 0 Å². The normalized spacial score (nSPS) is 26.1. The van der Waals surface area contributed by atoms with Crippen molar-refractivity contribution in [3.8, 4) is 0 Å². The molecule has 1 saturated heterocycles. The Bertz CT molecular complexity index is 36.7. The maximum atomic E-state index is 3.73. The van der Waals surface area contributed by atoms with Crippen LogP contribution in [0.4, 0.5) is 0 Å². The minimum Gasteiger partial charge on any atom is -0.476 e. The largest absolute Gasteiger partial charge is 0.476 e. The van der Waals surface area contributed by atoms with Gasteiger partial charge in [-0.2, -0.15) is 0 Å². The molecule has 1 nitrogen and oxygen atoms in total. The van der Waals surface area contributed by atoms with Gasteiger partial charge in [0.05, 0.1) is 0 Å². The van der Waals surface area contributed by atoms with E-state index in [4.69, 9.17) is 0 Å². The predicted molar refractivity (Wildman–Crippen MR) is 21.1 cm³/mol. The van der Waals surface area contributed by atoms with Gasteiger partial charge in [0.25, 0.3) is 0 Å². The van der Waals surface area contributed by atoms with E-state index in [2.05, 4.69) is 12.2 Å². The smallest absolute Gasteiger partial charge is 0 e. The van der Waals surface area contributed by atoms with Crippen molar-refractivity contribution in [1.82, 2.24) is 5.32 Å². The summed E-state index contributed by atoms with van der Waals surface area (Å²) >= 11 is 0. The number of hydrogen-bond donors (Lipinski definition) is 1. The van der Waals surface area contributed by atoms with Crippen LogP contribution in [0.25, 0.3) is 0 Å². The summed E-state index contributed by atoms with van der Waals surface area (Å²) in [5.41, 5.74) is 0. The third-order valence-corrected chi connectivity index (χ3v) is 0.734. The molecule has 0 bridgehead atoms. The Kier molecular flexibility index (Phi) is 10.7. The standard InChI is InChI=1S/C4H7N.2Y/c1-4-2-5-3-4;;/h2,4-5H,1,3H2;;/q-2;;. The number of hydrogen-bond acceptors (Lipinski definition) is 1. The van der Waals surface area contributed by atoms with Gasteiger partial charge in [0.2, 0.25) is 0 Å². The second-order valence-corrected chi connectivity index (χ2v) is 1.33. The topological polar surface area (TPSA) is 12.0 Å². The van der Waals surface area contributed by atoms with Crippen LogP contribution in [0.5, 0.6) is 0 Å². The fraction of sp³-hybridized carbons (Fsp3) is 0.500. The second kappa shape index (κ2) is 6.29. The van der Waals surface area contributed by atoms with Gasteiger partial charge in [0.1, 0.15) is 0 Å². The van der Waals surface area contributed by atoms with Gasteiger partial charge in [0.15, 0.2) is 0 Å². The molecule has 1 unspecified atom stereocenters. The van der Waals surface area contributed by atoms with Gasteiger partial charge in [0, 0.05) is 65.4 Å². The summed E-state index contributed by atoms with van der Waals surface area (Å²) in [6, 6.07) is 0. The summed E-state index contributed by atoms with van der Waals surface area (Å²) in [7, 11) is 0. The molecule has 0 aromatic rings. The van der Waals surface area contributed by atoms with Crippen LogP contribution >= 0.6 is 0 Å². The van der Waals surface area contributed by atoms with Gasteiger partial charge in [-0.1, -0.05) is 6.54 Å². The van der Waals surface area contributed by atoms with E-state index in [-0.39, 0.29) is 65.4 Å². The first kappa shape index (κ1) is 11.9. The summed E-state index contributed by atoms with van der Waals surface area (Å²) in [4.78, 5) is 0. The van der Waals surface area contributed by atoms with Gasteiger partial charge in [-0.3, -0.25) is 12.5 Å². The van der Waals surface area contributed by atoms with E-state index in [1.54, 1.807) is 0 Å². The first-order valence-electron chi connectivity index (χ1n) is 1.79. The molecule has 0 saturated carbocycles. The van der Waals surface area contributed by atoms with E-state index < -0.39 is 0 Å². The Balaban J connectivity index is 0. The monoisotopic (exact) mass is 247 g/mol. The first-order valence-corrected chi connectivity index (χ1v) is 1.79. The van der Waals surface area contributed by atoms with Crippen molar-refractivity contribution in [2.45, 2.75) is 0 Å². The molecular formula is C4H7NY2-2. The van der Waals surface area contributed by atoms with Crippen LogP contribution in [0, 0.1) is 19.4 Å². The van der Waals surface area contributed by atoms with Crippen molar-refractivity contribution < 1.29 is 65.4 Å². The third-order valence-electron chi connectivity index (χ3n) is 0.734. The van der Waals surface area contributed by atoms with Crippen LogP contribution in [0.1, 0.15) is 0 Å². The molecule has 7 heavy (non-hydrogen) atoms. The molecule has 1 aliphatic rings. The third kappa shape index (κ3) is 4.66. The quantitative estimate of drug-likeness (QED) is 0.603. The number of nitrogens with one attached hydrogen (secondary N) is 1. The van der Waals surface area contributed by atoms with E-state index in [9.17, 15) is 0 Å². The van der Waals surface area contributed by atoms with Gasteiger partial charge in [-0.05, 0) is 0 Å². The fourth-order valence-corrected chi connectivity index (χ4v) is 0.285. The summed E-state index contributed by atoms with van der Waals surface area (Å²) in [6.45, 7) is 6.78. The second-order valence-electron chi connectivity index (χ2n) is 1.33. The van der Waals surface area contributed by atoms with Gasteiger partial charge < -0.3 is 12.2 Å². The van der Waals surface area contributed by atoms with E-state index in [0.717, 1.165) is 6.54 Å². The van der Waals surface area contributed by atoms with E-state index in [1.807, 2.05) is 6.54 Å². The predicted octanol–water partition coefficient (Wildman–Crippen LogP) is 0.197. The molecule has 1 N–H and O–H groups in total. The SMILES string of the molecule is [CH2-]C1[CH-]NC1.[Y].[Y]. The molecular weight excluding hydrogens is 240 g/mol. The molecule has 3 heteroatoms. The molecule has 1 heterocycles. The first-order chi connectivity index (χ1) is 2.39. The van der Waals surface area contributed by atoms with Crippen molar-refractivity contribution in [2.75, 3.05) is 6.54 Å². The van der Waals surface area contributed by atoms with Crippen LogP contribution in [0.2, 0.25) is 0 Å². The summed E-state index contributed by atoms with van der Waals surface area (Å²) in [5, 5.41) is 2.97. The maximum Gasteiger partial charge on any atom is 0 e. The van der Waals surface area contributed by atoms with Gasteiger partial charge >= 0.3 is 0 Å². The van der Waals surface area contributed by atoms with Crippen LogP contribution in [-0.4, -0.2) is 6.54 Å². The molecule has 1 fully saturated rings. The van der Waals surface area contributed by atoms with Crippen molar-refractivity contribution in [2.24, 2.45) is 5.92 Å². The molecule has 0 spiro atoms. The Morgan fingerprint density at radius 3 is 1.86 bits per heavy atom. The fourth-order valence-electron chi connectivity index (χ4n) is 0.285. The van der Waals surface area contributed by atoms with Crippen LogP contribution in [-0.2, 0) is 65.4 Å². The summed E-state index contributed by atoms with van der Waals surface area (Å²) in [5.74, 6) is 0.579. The molecule has 2 radical (unpaired) electrons. The van der Waals surface area contributed by atoms with Crippen molar-refractivity contribution in [3.05, 3.63) is 13.5 Å². The van der Waals surface area contributed by atoms with E-state index in [0.29, 0.717) is 5.92 Å². The van der Waals surface area contributed by atoms with Crippen molar-refractivity contribution in [1.29, 1.82) is 0 Å². The van der Waals surface area contributed by atoms with Crippen LogP contribution in [0.15, 0.2) is 0 Å². The molecule has 0 aliphatic carbocycles. The van der Waals surface area contributed by atoms with E-state index >= 15 is 0 Å². The molecule has 1 rings (SSSR count). The maximum absolute atomic E-state index is 3.73. The molecule has 36 valence electrons. The zero-order valence-corrected chi connectivity index (χ0v) is 9.90. The minimum absolute atomic E-state index is 0. The molecule has 0 amide bonds. The van der Waals surface area contributed by atoms with Gasteiger partial charge in [-0.15, -0.1) is 0 Å².